The van der Waals surface area contributed by atoms with E-state index in [4.69, 9.17) is 14.2 Å². The van der Waals surface area contributed by atoms with Gasteiger partial charge in [-0.3, -0.25) is 4.79 Å². The van der Waals surface area contributed by atoms with Gasteiger partial charge >= 0.3 is 0 Å². The number of Topliss-reactive ketones (excluding diaryl/α,β-unsaturated/α-hetero) is 1. The van der Waals surface area contributed by atoms with Crippen molar-refractivity contribution >= 4 is 5.78 Å². The first-order chi connectivity index (χ1) is 11.9. The van der Waals surface area contributed by atoms with Crippen LogP contribution in [0.1, 0.15) is 65.2 Å². The molecule has 0 bridgehead atoms. The Hall–Kier alpha value is -0.450. The third kappa shape index (κ3) is 1.69. The maximum Gasteiger partial charge on any atom is 0.171 e. The second-order valence-corrected chi connectivity index (χ2v) is 10.2. The number of carbonyl (C=O) groups excluding carboxylic acids is 1. The van der Waals surface area contributed by atoms with Gasteiger partial charge in [0.1, 0.15) is 11.4 Å². The molecule has 0 aromatic heterocycles. The Labute approximate surface area is 150 Å². The topological polar surface area (TPSA) is 48.1 Å². The number of fused-ring (bicyclic) bond motifs is 4. The van der Waals surface area contributed by atoms with E-state index < -0.39 is 0 Å². The van der Waals surface area contributed by atoms with E-state index in [2.05, 4.69) is 13.8 Å². The number of ketones is 1. The van der Waals surface area contributed by atoms with E-state index in [9.17, 15) is 4.79 Å². The summed E-state index contributed by atoms with van der Waals surface area (Å²) in [5.74, 6) is 2.13. The molecule has 2 saturated heterocycles. The minimum absolute atomic E-state index is 0.0207. The minimum atomic E-state index is -0.367. The highest BCUT2D eigenvalue weighted by Gasteiger charge is 2.78. The van der Waals surface area contributed by atoms with Crippen LogP contribution in [0.5, 0.6) is 0 Å². The predicted octanol–water partition coefficient (Wildman–Crippen LogP) is 3.47. The average molecular weight is 346 g/mol. The third-order valence-electron chi connectivity index (χ3n) is 9.60. The third-order valence-corrected chi connectivity index (χ3v) is 9.60. The Balaban J connectivity index is 1.35. The molecule has 4 saturated carbocycles. The molecule has 6 aliphatic rings. The Morgan fingerprint density at radius 1 is 1.00 bits per heavy atom. The van der Waals surface area contributed by atoms with E-state index in [0.717, 1.165) is 58.2 Å². The summed E-state index contributed by atoms with van der Waals surface area (Å²) in [7, 11) is 0. The number of hydrogen-bond donors (Lipinski definition) is 0. The lowest BCUT2D eigenvalue weighted by molar-refractivity contribution is -0.226. The summed E-state index contributed by atoms with van der Waals surface area (Å²) in [5, 5.41) is 0. The van der Waals surface area contributed by atoms with Crippen LogP contribution in [0.25, 0.3) is 0 Å². The van der Waals surface area contributed by atoms with Crippen LogP contribution in [-0.4, -0.2) is 36.5 Å². The molecule has 0 amide bonds. The fourth-order valence-corrected chi connectivity index (χ4v) is 8.14. The van der Waals surface area contributed by atoms with Crippen LogP contribution >= 0.6 is 0 Å². The zero-order chi connectivity index (χ0) is 17.1. The van der Waals surface area contributed by atoms with Gasteiger partial charge in [-0.2, -0.15) is 0 Å². The maximum atomic E-state index is 12.6. The van der Waals surface area contributed by atoms with Crippen molar-refractivity contribution in [3.05, 3.63) is 0 Å². The summed E-state index contributed by atoms with van der Waals surface area (Å²) in [4.78, 5) is 12.6. The Morgan fingerprint density at radius 3 is 2.60 bits per heavy atom. The molecule has 2 heterocycles. The molecule has 0 aromatic rings. The fourth-order valence-electron chi connectivity index (χ4n) is 8.14. The van der Waals surface area contributed by atoms with E-state index in [1.807, 2.05) is 0 Å². The van der Waals surface area contributed by atoms with Crippen LogP contribution in [0.15, 0.2) is 0 Å². The molecule has 6 rings (SSSR count). The van der Waals surface area contributed by atoms with Crippen LogP contribution < -0.4 is 0 Å². The van der Waals surface area contributed by atoms with Crippen molar-refractivity contribution in [3.63, 3.8) is 0 Å². The lowest BCUT2D eigenvalue weighted by Crippen LogP contribution is -2.61. The van der Waals surface area contributed by atoms with E-state index in [-0.39, 0.29) is 22.2 Å². The molecule has 2 spiro atoms. The standard InChI is InChI=1S/C21H30O4/c1-18-6-5-15-13(14(18)3-4-16(18)22)11-17-21(25-17)12-20(23-9-10-24-20)8-7-19(15,21)2/h13-15,17H,3-12H2,1-2H3/t13-,14-,15-,17+,18+,19-,21+/m1/s1. The number of ether oxygens (including phenoxy) is 3. The van der Waals surface area contributed by atoms with Gasteiger partial charge in [0.15, 0.2) is 5.79 Å². The highest BCUT2D eigenvalue weighted by Crippen LogP contribution is 2.74. The first-order valence-corrected chi connectivity index (χ1v) is 10.4. The molecule has 0 radical (unpaired) electrons. The number of epoxide rings is 1. The molecule has 6 fully saturated rings. The summed E-state index contributed by atoms with van der Waals surface area (Å²) < 4.78 is 18.6. The Bertz CT molecular complexity index is 640. The van der Waals surface area contributed by atoms with E-state index in [1.54, 1.807) is 0 Å². The molecule has 4 heteroatoms. The first kappa shape index (κ1) is 15.6. The van der Waals surface area contributed by atoms with Crippen molar-refractivity contribution in [2.24, 2.45) is 28.6 Å². The SMILES string of the molecule is C[C@]12CC[C@@H]3[C@H](C[C@@H]4O[C@@]45CC4(CC[C@]35C)OCCO4)[C@H]1CCC2=O. The molecule has 7 atom stereocenters. The summed E-state index contributed by atoms with van der Waals surface area (Å²) >= 11 is 0. The molecule has 138 valence electrons. The predicted molar refractivity (Wildman–Crippen MR) is 90.9 cm³/mol. The van der Waals surface area contributed by atoms with Crippen molar-refractivity contribution in [2.45, 2.75) is 82.7 Å². The van der Waals surface area contributed by atoms with Gasteiger partial charge in [-0.05, 0) is 49.9 Å². The molecule has 0 unspecified atom stereocenters. The normalized spacial score (nSPS) is 58.4. The lowest BCUT2D eigenvalue weighted by atomic mass is 9.45. The summed E-state index contributed by atoms with van der Waals surface area (Å²) in [6.45, 7) is 6.21. The van der Waals surface area contributed by atoms with Gasteiger partial charge in [0.2, 0.25) is 0 Å². The van der Waals surface area contributed by atoms with Gasteiger partial charge in [-0.25, -0.2) is 0 Å². The average Bonchev–Trinajstić information content (AvgIpc) is 2.94. The molecular formula is C21H30O4. The van der Waals surface area contributed by atoms with Crippen LogP contribution in [0.2, 0.25) is 0 Å². The number of rotatable bonds is 0. The second kappa shape index (κ2) is 4.51. The highest BCUT2D eigenvalue weighted by molar-refractivity contribution is 5.87. The number of carbonyl (C=O) groups is 1. The minimum Gasteiger partial charge on any atom is -0.365 e. The Morgan fingerprint density at radius 2 is 1.80 bits per heavy atom. The largest absolute Gasteiger partial charge is 0.365 e. The quantitative estimate of drug-likeness (QED) is 0.630. The first-order valence-electron chi connectivity index (χ1n) is 10.4. The van der Waals surface area contributed by atoms with Crippen LogP contribution in [0.3, 0.4) is 0 Å². The molecule has 4 aliphatic carbocycles. The number of hydrogen-bond acceptors (Lipinski definition) is 4. The molecule has 0 N–H and O–H groups in total. The van der Waals surface area contributed by atoms with Crippen LogP contribution in [-0.2, 0) is 19.0 Å². The highest BCUT2D eigenvalue weighted by atomic mass is 16.7. The van der Waals surface area contributed by atoms with Gasteiger partial charge in [0, 0.05) is 30.1 Å². The van der Waals surface area contributed by atoms with Crippen molar-refractivity contribution in [1.82, 2.24) is 0 Å². The van der Waals surface area contributed by atoms with Gasteiger partial charge in [0.05, 0.1) is 19.3 Å². The maximum absolute atomic E-state index is 12.6. The van der Waals surface area contributed by atoms with E-state index in [0.29, 0.717) is 29.6 Å². The molecule has 4 nitrogen and oxygen atoms in total. The monoisotopic (exact) mass is 346 g/mol. The molecule has 25 heavy (non-hydrogen) atoms. The second-order valence-electron chi connectivity index (χ2n) is 10.2. The zero-order valence-corrected chi connectivity index (χ0v) is 15.5. The van der Waals surface area contributed by atoms with E-state index in [1.165, 1.54) is 6.42 Å². The zero-order valence-electron chi connectivity index (χ0n) is 15.5. The fraction of sp³-hybridized carbons (Fsp3) is 0.952. The molecule has 0 aromatic carbocycles. The van der Waals surface area contributed by atoms with Crippen molar-refractivity contribution in [3.8, 4) is 0 Å². The van der Waals surface area contributed by atoms with Gasteiger partial charge < -0.3 is 14.2 Å². The van der Waals surface area contributed by atoms with Crippen LogP contribution in [0, 0.1) is 28.6 Å². The molecule has 2 aliphatic heterocycles. The van der Waals surface area contributed by atoms with Crippen molar-refractivity contribution in [2.75, 3.05) is 13.2 Å². The van der Waals surface area contributed by atoms with Crippen LogP contribution in [0.4, 0.5) is 0 Å². The Kier molecular flexibility index (Phi) is 2.81. The summed E-state index contributed by atoms with van der Waals surface area (Å²) in [6.07, 6.45) is 8.80. The van der Waals surface area contributed by atoms with E-state index >= 15 is 0 Å². The smallest absolute Gasteiger partial charge is 0.171 e. The lowest BCUT2D eigenvalue weighted by Gasteiger charge is -2.59. The van der Waals surface area contributed by atoms with Gasteiger partial charge in [-0.15, -0.1) is 0 Å². The summed E-state index contributed by atoms with van der Waals surface area (Å²) in [6, 6.07) is 0. The van der Waals surface area contributed by atoms with Crippen molar-refractivity contribution in [1.29, 1.82) is 0 Å². The van der Waals surface area contributed by atoms with Gasteiger partial charge in [0.25, 0.3) is 0 Å². The molecular weight excluding hydrogens is 316 g/mol. The summed E-state index contributed by atoms with van der Waals surface area (Å²) in [5.41, 5.74) is 0.168. The van der Waals surface area contributed by atoms with Gasteiger partial charge in [-0.1, -0.05) is 13.8 Å². The van der Waals surface area contributed by atoms with Crippen molar-refractivity contribution < 1.29 is 19.0 Å².